The first-order valence-electron chi connectivity index (χ1n) is 7.77. The molecule has 1 saturated carbocycles. The zero-order valence-corrected chi connectivity index (χ0v) is 12.0. The van der Waals surface area contributed by atoms with Crippen molar-refractivity contribution >= 4 is 0 Å². The van der Waals surface area contributed by atoms with Crippen LogP contribution in [-0.2, 0) is 12.0 Å². The van der Waals surface area contributed by atoms with Crippen LogP contribution in [0.3, 0.4) is 0 Å². The van der Waals surface area contributed by atoms with Gasteiger partial charge in [0.25, 0.3) is 0 Å². The van der Waals surface area contributed by atoms with Crippen LogP contribution in [0.5, 0.6) is 5.75 Å². The molecule has 1 aliphatic carbocycles. The highest BCUT2D eigenvalue weighted by Crippen LogP contribution is 2.43. The van der Waals surface area contributed by atoms with Crippen molar-refractivity contribution in [3.05, 3.63) is 29.3 Å². The van der Waals surface area contributed by atoms with Crippen molar-refractivity contribution < 1.29 is 4.74 Å². The molecule has 0 amide bonds. The van der Waals surface area contributed by atoms with Crippen LogP contribution in [0, 0.1) is 5.92 Å². The van der Waals surface area contributed by atoms with Gasteiger partial charge in [-0.2, -0.15) is 0 Å². The zero-order valence-electron chi connectivity index (χ0n) is 12.0. The number of benzene rings is 1. The average Bonchev–Trinajstić information content (AvgIpc) is 2.82. The van der Waals surface area contributed by atoms with Gasteiger partial charge in [0, 0.05) is 17.5 Å². The molecule has 0 saturated heterocycles. The number of rotatable bonds is 2. The molecule has 1 heterocycles. The lowest BCUT2D eigenvalue weighted by molar-refractivity contribution is 0.322. The van der Waals surface area contributed by atoms with E-state index in [-0.39, 0.29) is 5.54 Å². The van der Waals surface area contributed by atoms with Crippen LogP contribution in [0.2, 0.25) is 0 Å². The van der Waals surface area contributed by atoms with E-state index in [2.05, 4.69) is 25.1 Å². The molecule has 2 N–H and O–H groups in total. The molecule has 1 fully saturated rings. The maximum absolute atomic E-state index is 6.79. The Morgan fingerprint density at radius 1 is 1.32 bits per heavy atom. The largest absolute Gasteiger partial charge is 0.493 e. The van der Waals surface area contributed by atoms with Gasteiger partial charge < -0.3 is 10.5 Å². The van der Waals surface area contributed by atoms with E-state index in [1.807, 2.05) is 0 Å². The van der Waals surface area contributed by atoms with Crippen molar-refractivity contribution in [2.75, 3.05) is 6.61 Å². The average molecular weight is 259 g/mol. The summed E-state index contributed by atoms with van der Waals surface area (Å²) in [6, 6.07) is 6.52. The molecule has 0 radical (unpaired) electrons. The zero-order chi connectivity index (χ0) is 13.3. The quantitative estimate of drug-likeness (QED) is 0.821. The third-order valence-corrected chi connectivity index (χ3v) is 5.06. The fourth-order valence-corrected chi connectivity index (χ4v) is 3.72. The third-order valence-electron chi connectivity index (χ3n) is 5.06. The van der Waals surface area contributed by atoms with Crippen molar-refractivity contribution in [2.24, 2.45) is 11.7 Å². The van der Waals surface area contributed by atoms with Gasteiger partial charge in [-0.15, -0.1) is 0 Å². The van der Waals surface area contributed by atoms with E-state index in [9.17, 15) is 0 Å². The molecule has 2 nitrogen and oxygen atoms in total. The fourth-order valence-electron chi connectivity index (χ4n) is 3.72. The van der Waals surface area contributed by atoms with E-state index >= 15 is 0 Å². The summed E-state index contributed by atoms with van der Waals surface area (Å²) in [4.78, 5) is 0. The topological polar surface area (TPSA) is 35.2 Å². The van der Waals surface area contributed by atoms with Crippen LogP contribution in [0.1, 0.15) is 56.6 Å². The molecule has 2 atom stereocenters. The number of hydrogen-bond donors (Lipinski definition) is 1. The summed E-state index contributed by atoms with van der Waals surface area (Å²) in [6.07, 6.45) is 8.38. The highest BCUT2D eigenvalue weighted by Gasteiger charge is 2.34. The summed E-state index contributed by atoms with van der Waals surface area (Å²) in [5, 5.41) is 0. The molecule has 3 rings (SSSR count). The van der Waals surface area contributed by atoms with Crippen LogP contribution in [-0.4, -0.2) is 6.61 Å². The molecule has 1 aliphatic heterocycles. The third kappa shape index (κ3) is 2.38. The second-order valence-electron chi connectivity index (χ2n) is 6.25. The second-order valence-corrected chi connectivity index (χ2v) is 6.25. The Bertz CT molecular complexity index is 457. The SMILES string of the molecule is CCC1CCCC(N)(c2cccc3c2OCC3)CC1. The van der Waals surface area contributed by atoms with Gasteiger partial charge in [0.15, 0.2) is 0 Å². The van der Waals surface area contributed by atoms with Gasteiger partial charge in [0.2, 0.25) is 0 Å². The van der Waals surface area contributed by atoms with Crippen LogP contribution >= 0.6 is 0 Å². The maximum Gasteiger partial charge on any atom is 0.127 e. The molecule has 2 aliphatic rings. The van der Waals surface area contributed by atoms with E-state index in [1.165, 1.54) is 36.8 Å². The molecule has 104 valence electrons. The lowest BCUT2D eigenvalue weighted by Gasteiger charge is -2.30. The van der Waals surface area contributed by atoms with Gasteiger partial charge in [-0.05, 0) is 30.7 Å². The number of fused-ring (bicyclic) bond motifs is 1. The molecule has 2 unspecified atom stereocenters. The lowest BCUT2D eigenvalue weighted by Crippen LogP contribution is -2.36. The van der Waals surface area contributed by atoms with Crippen molar-refractivity contribution in [3.63, 3.8) is 0 Å². The normalized spacial score (nSPS) is 30.5. The minimum absolute atomic E-state index is 0.167. The first-order chi connectivity index (χ1) is 9.23. The maximum atomic E-state index is 6.79. The van der Waals surface area contributed by atoms with Crippen LogP contribution in [0.25, 0.3) is 0 Å². The molecule has 1 aromatic carbocycles. The summed E-state index contributed by atoms with van der Waals surface area (Å²) in [7, 11) is 0. The van der Waals surface area contributed by atoms with Gasteiger partial charge in [-0.25, -0.2) is 0 Å². The van der Waals surface area contributed by atoms with Crippen LogP contribution in [0.15, 0.2) is 18.2 Å². The van der Waals surface area contributed by atoms with Crippen molar-refractivity contribution in [1.82, 2.24) is 0 Å². The Balaban J connectivity index is 1.90. The molecular weight excluding hydrogens is 234 g/mol. The highest BCUT2D eigenvalue weighted by atomic mass is 16.5. The molecule has 1 aromatic rings. The predicted molar refractivity (Wildman–Crippen MR) is 78.4 cm³/mol. The predicted octanol–water partition coefficient (Wildman–Crippen LogP) is 3.77. The number of nitrogens with two attached hydrogens (primary N) is 1. The molecule has 0 aromatic heterocycles. The minimum atomic E-state index is -0.167. The Morgan fingerprint density at radius 2 is 2.21 bits per heavy atom. The van der Waals surface area contributed by atoms with E-state index < -0.39 is 0 Å². The second kappa shape index (κ2) is 5.16. The fraction of sp³-hybridized carbons (Fsp3) is 0.647. The van der Waals surface area contributed by atoms with Crippen LogP contribution < -0.4 is 10.5 Å². The molecule has 19 heavy (non-hydrogen) atoms. The van der Waals surface area contributed by atoms with E-state index in [1.54, 1.807) is 0 Å². The highest BCUT2D eigenvalue weighted by molar-refractivity contribution is 5.47. The summed E-state index contributed by atoms with van der Waals surface area (Å²) in [5.41, 5.74) is 9.23. The number of ether oxygens (including phenoxy) is 1. The van der Waals surface area contributed by atoms with Crippen molar-refractivity contribution in [3.8, 4) is 5.75 Å². The van der Waals surface area contributed by atoms with E-state index in [4.69, 9.17) is 10.5 Å². The minimum Gasteiger partial charge on any atom is -0.493 e. The summed E-state index contributed by atoms with van der Waals surface area (Å²) in [5.74, 6) is 1.96. The Kier molecular flexibility index (Phi) is 3.53. The number of hydrogen-bond acceptors (Lipinski definition) is 2. The van der Waals surface area contributed by atoms with Crippen LogP contribution in [0.4, 0.5) is 0 Å². The monoisotopic (exact) mass is 259 g/mol. The van der Waals surface area contributed by atoms with Gasteiger partial charge in [0.05, 0.1) is 6.61 Å². The Labute approximate surface area is 116 Å². The molecule has 0 spiro atoms. The van der Waals surface area contributed by atoms with Gasteiger partial charge in [-0.1, -0.05) is 44.4 Å². The van der Waals surface area contributed by atoms with Gasteiger partial charge in [-0.3, -0.25) is 0 Å². The smallest absolute Gasteiger partial charge is 0.127 e. The molecule has 2 heteroatoms. The lowest BCUT2D eigenvalue weighted by atomic mass is 9.82. The van der Waals surface area contributed by atoms with E-state index in [0.29, 0.717) is 0 Å². The molecule has 0 bridgehead atoms. The number of para-hydroxylation sites is 1. The van der Waals surface area contributed by atoms with Gasteiger partial charge >= 0.3 is 0 Å². The molecular formula is C17H25NO. The van der Waals surface area contributed by atoms with Gasteiger partial charge in [0.1, 0.15) is 5.75 Å². The Morgan fingerprint density at radius 3 is 3.05 bits per heavy atom. The summed E-state index contributed by atoms with van der Waals surface area (Å²) >= 11 is 0. The van der Waals surface area contributed by atoms with Crippen molar-refractivity contribution in [1.29, 1.82) is 0 Å². The summed E-state index contributed by atoms with van der Waals surface area (Å²) < 4.78 is 5.86. The first-order valence-corrected chi connectivity index (χ1v) is 7.77. The first kappa shape index (κ1) is 13.0. The van der Waals surface area contributed by atoms with Crippen molar-refractivity contribution in [2.45, 2.75) is 57.4 Å². The standard InChI is InChI=1S/C17H25NO/c1-2-13-5-4-10-17(18,11-8-13)15-7-3-6-14-9-12-19-16(14)15/h3,6-7,13H,2,4-5,8-12,18H2,1H3. The Hall–Kier alpha value is -1.02. The summed E-state index contributed by atoms with van der Waals surface area (Å²) in [6.45, 7) is 3.12. The van der Waals surface area contributed by atoms with E-state index in [0.717, 1.165) is 37.5 Å².